The fourth-order valence-corrected chi connectivity index (χ4v) is 1.41. The highest BCUT2D eigenvalue weighted by atomic mass is 35.6. The number of ether oxygens (including phenoxy) is 1. The van der Waals surface area contributed by atoms with E-state index in [4.69, 9.17) is 58.0 Å². The minimum atomic E-state index is -2.21. The first-order valence-corrected chi connectivity index (χ1v) is 5.20. The highest BCUT2D eigenvalue weighted by Gasteiger charge is 2.27. The zero-order valence-corrected chi connectivity index (χ0v) is 10.4. The van der Waals surface area contributed by atoms with Gasteiger partial charge in [0.25, 0.3) is 0 Å². The number of hydrogen-bond acceptors (Lipinski definition) is 1. The van der Waals surface area contributed by atoms with Crippen molar-refractivity contribution in [2.45, 2.75) is 3.98 Å². The van der Waals surface area contributed by atoms with E-state index in [0.717, 1.165) is 0 Å². The summed E-state index contributed by atoms with van der Waals surface area (Å²) < 4.78 is 28.3. The predicted molar refractivity (Wildman–Crippen MR) is 57.3 cm³/mol. The van der Waals surface area contributed by atoms with Crippen molar-refractivity contribution in [3.63, 3.8) is 0 Å². The minimum absolute atomic E-state index is 0.496. The molecule has 0 saturated heterocycles. The first kappa shape index (κ1) is 13.4. The molecule has 1 aromatic rings. The Balaban J connectivity index is 3.27. The van der Waals surface area contributed by atoms with E-state index in [2.05, 4.69) is 4.74 Å². The van der Waals surface area contributed by atoms with Crippen LogP contribution in [0.25, 0.3) is 0 Å². The average Bonchev–Trinajstić information content (AvgIpc) is 2.08. The third-order valence-corrected chi connectivity index (χ3v) is 2.23. The lowest BCUT2D eigenvalue weighted by Gasteiger charge is -2.16. The third-order valence-electron chi connectivity index (χ3n) is 1.29. The highest BCUT2D eigenvalue weighted by Crippen LogP contribution is 2.41. The van der Waals surface area contributed by atoms with Gasteiger partial charge in [-0.25, -0.2) is 8.78 Å². The summed E-state index contributed by atoms with van der Waals surface area (Å²) in [4.78, 5) is 0. The average molecular weight is 316 g/mol. The Hall–Kier alpha value is 0.330. The Morgan fingerprint density at radius 2 is 1.40 bits per heavy atom. The van der Waals surface area contributed by atoms with Crippen molar-refractivity contribution in [3.8, 4) is 5.75 Å². The van der Waals surface area contributed by atoms with Crippen LogP contribution in [0.1, 0.15) is 0 Å². The van der Waals surface area contributed by atoms with E-state index in [-0.39, 0.29) is 0 Å². The topological polar surface area (TPSA) is 9.23 Å². The summed E-state index contributed by atoms with van der Waals surface area (Å²) in [6, 6.07) is 0.496. The molecule has 0 radical (unpaired) electrons. The van der Waals surface area contributed by atoms with Gasteiger partial charge in [0.05, 0.1) is 0 Å². The van der Waals surface area contributed by atoms with Crippen molar-refractivity contribution in [3.05, 3.63) is 27.7 Å². The van der Waals surface area contributed by atoms with Gasteiger partial charge in [0, 0.05) is 6.07 Å². The molecule has 0 aromatic heterocycles. The van der Waals surface area contributed by atoms with Crippen LogP contribution in [-0.2, 0) is 0 Å². The molecule has 0 aliphatic heterocycles. The molecule has 0 unspecified atom stereocenters. The third kappa shape index (κ3) is 3.40. The molecule has 0 fully saturated rings. The molecule has 84 valence electrons. The molecular weight excluding hydrogens is 315 g/mol. The molecule has 0 heterocycles. The van der Waals surface area contributed by atoms with Crippen LogP contribution in [0.15, 0.2) is 6.07 Å². The van der Waals surface area contributed by atoms with Crippen molar-refractivity contribution in [1.82, 2.24) is 0 Å². The smallest absolute Gasteiger partial charge is 0.338 e. The number of hydrogen-bond donors (Lipinski definition) is 0. The maximum atomic E-state index is 13.0. The summed E-state index contributed by atoms with van der Waals surface area (Å²) in [6.45, 7) is 0. The van der Waals surface area contributed by atoms with Crippen LogP contribution in [0, 0.1) is 11.6 Å². The van der Waals surface area contributed by atoms with Gasteiger partial charge in [-0.15, -0.1) is 0 Å². The lowest BCUT2D eigenvalue weighted by Crippen LogP contribution is -2.14. The lowest BCUT2D eigenvalue weighted by molar-refractivity contribution is 0.317. The van der Waals surface area contributed by atoms with Crippen molar-refractivity contribution in [2.75, 3.05) is 0 Å². The molecular formula is C7HCl5F2O. The quantitative estimate of drug-likeness (QED) is 0.524. The van der Waals surface area contributed by atoms with E-state index in [0.29, 0.717) is 6.07 Å². The van der Waals surface area contributed by atoms with Gasteiger partial charge in [-0.2, -0.15) is 0 Å². The standard InChI is InChI=1S/C7HCl5F2O/c8-4-2(13)1-3(14)5(9)6(4)15-7(10,11)12/h1H. The van der Waals surface area contributed by atoms with Crippen molar-refractivity contribution in [1.29, 1.82) is 0 Å². The monoisotopic (exact) mass is 314 g/mol. The molecule has 1 nitrogen and oxygen atoms in total. The van der Waals surface area contributed by atoms with Gasteiger partial charge in [0.15, 0.2) is 5.75 Å². The van der Waals surface area contributed by atoms with Crippen LogP contribution in [0.5, 0.6) is 5.75 Å². The number of rotatable bonds is 1. The van der Waals surface area contributed by atoms with Crippen molar-refractivity contribution in [2.24, 2.45) is 0 Å². The van der Waals surface area contributed by atoms with Crippen LogP contribution in [0.3, 0.4) is 0 Å². The molecule has 0 atom stereocenters. The van der Waals surface area contributed by atoms with Crippen molar-refractivity contribution >= 4 is 58.0 Å². The molecule has 0 bridgehead atoms. The number of alkyl halides is 3. The molecule has 0 saturated carbocycles. The first-order chi connectivity index (χ1) is 6.72. The van der Waals surface area contributed by atoms with Gasteiger partial charge in [-0.1, -0.05) is 23.2 Å². The summed E-state index contributed by atoms with van der Waals surface area (Å²) in [5, 5.41) is -1.12. The van der Waals surface area contributed by atoms with Gasteiger partial charge >= 0.3 is 3.98 Å². The number of benzene rings is 1. The maximum absolute atomic E-state index is 13.0. The van der Waals surface area contributed by atoms with E-state index in [1.807, 2.05) is 0 Å². The molecule has 0 aliphatic rings. The predicted octanol–water partition coefficient (Wildman–Crippen LogP) is 4.98. The van der Waals surface area contributed by atoms with Crippen LogP contribution >= 0.6 is 58.0 Å². The molecule has 8 heteroatoms. The molecule has 15 heavy (non-hydrogen) atoms. The summed E-state index contributed by atoms with van der Waals surface area (Å²) in [5.74, 6) is -2.69. The van der Waals surface area contributed by atoms with Gasteiger partial charge in [0.1, 0.15) is 21.7 Å². The van der Waals surface area contributed by atoms with E-state index in [1.54, 1.807) is 0 Å². The largest absolute Gasteiger partial charge is 0.442 e. The molecule has 0 N–H and O–H groups in total. The lowest BCUT2D eigenvalue weighted by atomic mass is 10.3. The second-order valence-corrected chi connectivity index (χ2v) is 5.28. The molecule has 1 aromatic carbocycles. The molecule has 1 rings (SSSR count). The van der Waals surface area contributed by atoms with Crippen LogP contribution < -0.4 is 4.74 Å². The van der Waals surface area contributed by atoms with E-state index < -0.39 is 31.4 Å². The zero-order chi connectivity index (χ0) is 11.8. The summed E-state index contributed by atoms with van der Waals surface area (Å²) >= 11 is 26.7. The van der Waals surface area contributed by atoms with E-state index >= 15 is 0 Å². The van der Waals surface area contributed by atoms with Crippen LogP contribution in [0.2, 0.25) is 10.0 Å². The SMILES string of the molecule is Fc1cc(F)c(Cl)c(OC(Cl)(Cl)Cl)c1Cl. The first-order valence-electron chi connectivity index (χ1n) is 3.31. The fourth-order valence-electron chi connectivity index (χ4n) is 0.757. The van der Waals surface area contributed by atoms with Crippen molar-refractivity contribution < 1.29 is 13.5 Å². The Bertz CT molecular complexity index is 364. The minimum Gasteiger partial charge on any atom is -0.442 e. The Kier molecular flexibility index (Phi) is 4.18. The summed E-state index contributed by atoms with van der Waals surface area (Å²) in [5.41, 5.74) is 0. The van der Waals surface area contributed by atoms with Crippen LogP contribution in [0.4, 0.5) is 8.78 Å². The zero-order valence-electron chi connectivity index (χ0n) is 6.63. The van der Waals surface area contributed by atoms with Crippen LogP contribution in [-0.4, -0.2) is 3.98 Å². The van der Waals surface area contributed by atoms with Gasteiger partial charge in [0.2, 0.25) is 0 Å². The molecule has 0 spiro atoms. The molecule has 0 amide bonds. The second kappa shape index (κ2) is 4.68. The Morgan fingerprint density at radius 1 is 1.00 bits per heavy atom. The van der Waals surface area contributed by atoms with Gasteiger partial charge in [-0.3, -0.25) is 0 Å². The van der Waals surface area contributed by atoms with Gasteiger partial charge < -0.3 is 4.74 Å². The fraction of sp³-hybridized carbons (Fsp3) is 0.143. The molecule has 0 aliphatic carbocycles. The Labute approximate surface area is 109 Å². The second-order valence-electron chi connectivity index (χ2n) is 2.35. The highest BCUT2D eigenvalue weighted by molar-refractivity contribution is 6.66. The summed E-state index contributed by atoms with van der Waals surface area (Å²) in [6.07, 6.45) is 0. The van der Waals surface area contributed by atoms with Gasteiger partial charge in [-0.05, 0) is 34.8 Å². The van der Waals surface area contributed by atoms with E-state index in [1.165, 1.54) is 0 Å². The van der Waals surface area contributed by atoms with E-state index in [9.17, 15) is 8.78 Å². The summed E-state index contributed by atoms with van der Waals surface area (Å²) in [7, 11) is 0. The number of halogens is 7. The Morgan fingerprint density at radius 3 is 1.73 bits per heavy atom. The maximum Gasteiger partial charge on any atom is 0.338 e. The normalized spacial score (nSPS) is 11.7.